The summed E-state index contributed by atoms with van der Waals surface area (Å²) in [5, 5.41) is 3.74. The number of halogens is 3. The van der Waals surface area contributed by atoms with E-state index >= 15 is 0 Å². The Hall–Kier alpha value is -1.40. The van der Waals surface area contributed by atoms with Crippen LogP contribution in [0.25, 0.3) is 0 Å². The fourth-order valence-electron chi connectivity index (χ4n) is 1.18. The fraction of sp³-hybridized carbons (Fsp3) is 0.154. The van der Waals surface area contributed by atoms with Gasteiger partial charge in [0.1, 0.15) is 0 Å². The van der Waals surface area contributed by atoms with E-state index in [-0.39, 0.29) is 12.4 Å². The molecule has 0 spiro atoms. The molecule has 0 saturated heterocycles. The molecule has 8 heteroatoms. The van der Waals surface area contributed by atoms with Crippen LogP contribution in [0, 0.1) is 0 Å². The Morgan fingerprint density at radius 2 is 1.57 bits per heavy atom. The zero-order valence-electron chi connectivity index (χ0n) is 11.0. The SMILES string of the molecule is Cl.NCc1ccc(Cl)cn1.O=CNCc1ccc(Cl)cn1. The summed E-state index contributed by atoms with van der Waals surface area (Å²) in [6.07, 6.45) is 3.77. The number of carbonyl (C=O) groups is 1. The summed E-state index contributed by atoms with van der Waals surface area (Å²) in [6, 6.07) is 7.08. The molecule has 0 atom stereocenters. The highest BCUT2D eigenvalue weighted by atomic mass is 35.5. The van der Waals surface area contributed by atoms with Gasteiger partial charge in [-0.15, -0.1) is 12.4 Å². The van der Waals surface area contributed by atoms with Crippen molar-refractivity contribution in [2.75, 3.05) is 0 Å². The van der Waals surface area contributed by atoms with Crippen molar-refractivity contribution in [3.05, 3.63) is 58.1 Å². The third-order valence-corrected chi connectivity index (χ3v) is 2.60. The summed E-state index contributed by atoms with van der Waals surface area (Å²) >= 11 is 11.2. The van der Waals surface area contributed by atoms with E-state index in [1.807, 2.05) is 6.07 Å². The van der Waals surface area contributed by atoms with E-state index in [4.69, 9.17) is 28.9 Å². The molecule has 0 bridgehead atoms. The van der Waals surface area contributed by atoms with Gasteiger partial charge in [0, 0.05) is 18.9 Å². The molecular formula is C13H15Cl3N4O. The Kier molecular flexibility index (Phi) is 10.5. The lowest BCUT2D eigenvalue weighted by Gasteiger charge is -1.97. The third-order valence-electron chi connectivity index (χ3n) is 2.15. The van der Waals surface area contributed by atoms with Crippen LogP contribution in [0.5, 0.6) is 0 Å². The van der Waals surface area contributed by atoms with E-state index in [2.05, 4.69) is 15.3 Å². The van der Waals surface area contributed by atoms with Crippen molar-refractivity contribution in [3.8, 4) is 0 Å². The number of rotatable bonds is 4. The smallest absolute Gasteiger partial charge is 0.207 e. The highest BCUT2D eigenvalue weighted by Gasteiger charge is 1.91. The fourth-order valence-corrected chi connectivity index (χ4v) is 1.41. The molecule has 2 aromatic rings. The zero-order valence-corrected chi connectivity index (χ0v) is 13.3. The molecule has 0 aliphatic carbocycles. The molecule has 0 saturated carbocycles. The predicted octanol–water partition coefficient (Wildman–Crippen LogP) is 2.60. The number of hydrogen-bond donors (Lipinski definition) is 2. The standard InChI is InChI=1S/C7H7ClN2O.C6H7ClN2.ClH/c8-6-1-2-7(10-3-6)4-9-5-11;7-5-1-2-6(3-8)9-4-5;/h1-3,5H,4H2,(H,9,11);1-2,4H,3,8H2;1H. The van der Waals surface area contributed by atoms with Gasteiger partial charge in [-0.05, 0) is 24.3 Å². The third kappa shape index (κ3) is 8.47. The minimum absolute atomic E-state index is 0. The topological polar surface area (TPSA) is 80.9 Å². The van der Waals surface area contributed by atoms with Gasteiger partial charge in [0.25, 0.3) is 0 Å². The van der Waals surface area contributed by atoms with Crippen molar-refractivity contribution in [2.24, 2.45) is 5.73 Å². The van der Waals surface area contributed by atoms with Crippen molar-refractivity contribution in [3.63, 3.8) is 0 Å². The average Bonchev–Trinajstić information content (AvgIpc) is 2.48. The van der Waals surface area contributed by atoms with Gasteiger partial charge < -0.3 is 11.1 Å². The number of amides is 1. The Labute approximate surface area is 139 Å². The lowest BCUT2D eigenvalue weighted by molar-refractivity contribution is -0.109. The molecule has 3 N–H and O–H groups in total. The average molecular weight is 350 g/mol. The van der Waals surface area contributed by atoms with E-state index in [1.54, 1.807) is 30.6 Å². The summed E-state index contributed by atoms with van der Waals surface area (Å²) in [5.74, 6) is 0. The lowest BCUT2D eigenvalue weighted by Crippen LogP contribution is -2.10. The second-order valence-corrected chi connectivity index (χ2v) is 4.51. The molecule has 114 valence electrons. The molecule has 0 aliphatic rings. The second-order valence-electron chi connectivity index (χ2n) is 3.64. The maximum Gasteiger partial charge on any atom is 0.207 e. The second kappa shape index (κ2) is 11.3. The van der Waals surface area contributed by atoms with Crippen LogP contribution in [-0.2, 0) is 17.9 Å². The normalized spacial score (nSPS) is 8.90. The zero-order chi connectivity index (χ0) is 14.8. The molecule has 0 radical (unpaired) electrons. The first kappa shape index (κ1) is 19.6. The van der Waals surface area contributed by atoms with Crippen molar-refractivity contribution in [1.82, 2.24) is 15.3 Å². The molecule has 21 heavy (non-hydrogen) atoms. The van der Waals surface area contributed by atoms with E-state index in [0.717, 1.165) is 11.4 Å². The van der Waals surface area contributed by atoms with Crippen LogP contribution in [-0.4, -0.2) is 16.4 Å². The van der Waals surface area contributed by atoms with E-state index in [1.165, 1.54) is 0 Å². The molecule has 5 nitrogen and oxygen atoms in total. The van der Waals surface area contributed by atoms with Gasteiger partial charge in [0.05, 0.1) is 28.0 Å². The van der Waals surface area contributed by atoms with Crippen LogP contribution in [0.3, 0.4) is 0 Å². The van der Waals surface area contributed by atoms with Crippen LogP contribution >= 0.6 is 35.6 Å². The van der Waals surface area contributed by atoms with Gasteiger partial charge in [-0.1, -0.05) is 23.2 Å². The van der Waals surface area contributed by atoms with Gasteiger partial charge >= 0.3 is 0 Å². The molecular weight excluding hydrogens is 335 g/mol. The first-order valence-corrected chi connectivity index (χ1v) is 6.49. The largest absolute Gasteiger partial charge is 0.353 e. The summed E-state index contributed by atoms with van der Waals surface area (Å²) in [7, 11) is 0. The molecule has 2 rings (SSSR count). The number of nitrogens with one attached hydrogen (secondary N) is 1. The number of hydrogen-bond acceptors (Lipinski definition) is 4. The molecule has 0 aliphatic heterocycles. The monoisotopic (exact) mass is 348 g/mol. The van der Waals surface area contributed by atoms with Crippen LogP contribution in [0.4, 0.5) is 0 Å². The van der Waals surface area contributed by atoms with Crippen molar-refractivity contribution in [2.45, 2.75) is 13.1 Å². The number of aromatic nitrogens is 2. The Bertz CT molecular complexity index is 520. The maximum absolute atomic E-state index is 9.88. The van der Waals surface area contributed by atoms with Crippen molar-refractivity contribution >= 4 is 42.0 Å². The number of carbonyl (C=O) groups excluding carboxylic acids is 1. The Morgan fingerprint density at radius 3 is 1.95 bits per heavy atom. The first-order valence-electron chi connectivity index (χ1n) is 5.73. The van der Waals surface area contributed by atoms with Gasteiger partial charge in [-0.3, -0.25) is 14.8 Å². The van der Waals surface area contributed by atoms with E-state index < -0.39 is 0 Å². The van der Waals surface area contributed by atoms with Gasteiger partial charge in [0.15, 0.2) is 0 Å². The molecule has 0 aromatic carbocycles. The maximum atomic E-state index is 9.88. The van der Waals surface area contributed by atoms with Crippen LogP contribution < -0.4 is 11.1 Å². The summed E-state index contributed by atoms with van der Waals surface area (Å²) in [4.78, 5) is 17.8. The molecule has 1 amide bonds. The van der Waals surface area contributed by atoms with Gasteiger partial charge in [-0.2, -0.15) is 0 Å². The lowest BCUT2D eigenvalue weighted by atomic mass is 10.3. The molecule has 2 aromatic heterocycles. The Balaban J connectivity index is 0.000000370. The quantitative estimate of drug-likeness (QED) is 0.831. The van der Waals surface area contributed by atoms with Crippen molar-refractivity contribution in [1.29, 1.82) is 0 Å². The molecule has 0 fully saturated rings. The summed E-state index contributed by atoms with van der Waals surface area (Å²) in [6.45, 7) is 0.915. The van der Waals surface area contributed by atoms with Crippen LogP contribution in [0.1, 0.15) is 11.4 Å². The minimum Gasteiger partial charge on any atom is -0.353 e. The minimum atomic E-state index is 0. The molecule has 2 heterocycles. The van der Waals surface area contributed by atoms with Crippen LogP contribution in [0.2, 0.25) is 10.0 Å². The van der Waals surface area contributed by atoms with Gasteiger partial charge in [-0.25, -0.2) is 0 Å². The number of nitrogens with zero attached hydrogens (tertiary/aromatic N) is 2. The number of nitrogens with two attached hydrogens (primary N) is 1. The summed E-state index contributed by atoms with van der Waals surface area (Å²) in [5.41, 5.74) is 6.95. The number of pyridine rings is 2. The van der Waals surface area contributed by atoms with Crippen LogP contribution in [0.15, 0.2) is 36.7 Å². The van der Waals surface area contributed by atoms with Crippen molar-refractivity contribution < 1.29 is 4.79 Å². The van der Waals surface area contributed by atoms with E-state index in [0.29, 0.717) is 29.5 Å². The molecule has 0 unspecified atom stereocenters. The highest BCUT2D eigenvalue weighted by Crippen LogP contribution is 2.05. The van der Waals surface area contributed by atoms with Gasteiger partial charge in [0.2, 0.25) is 6.41 Å². The Morgan fingerprint density at radius 1 is 1.05 bits per heavy atom. The summed E-state index contributed by atoms with van der Waals surface area (Å²) < 4.78 is 0. The predicted molar refractivity (Wildman–Crippen MR) is 86.5 cm³/mol. The van der Waals surface area contributed by atoms with E-state index in [9.17, 15) is 4.79 Å². The first-order chi connectivity index (χ1) is 9.65. The highest BCUT2D eigenvalue weighted by molar-refractivity contribution is 6.30.